The highest BCUT2D eigenvalue weighted by molar-refractivity contribution is 7.13. The predicted molar refractivity (Wildman–Crippen MR) is 95.2 cm³/mol. The van der Waals surface area contributed by atoms with Gasteiger partial charge in [-0.15, -0.1) is 11.3 Å². The Kier molecular flexibility index (Phi) is 5.73. The number of halogens is 2. The van der Waals surface area contributed by atoms with Gasteiger partial charge in [-0.2, -0.15) is 0 Å². The number of hydrogen-bond donors (Lipinski definition) is 1. The lowest BCUT2D eigenvalue weighted by Gasteiger charge is -2.34. The molecule has 3 rings (SSSR count). The number of hydrogen-bond acceptors (Lipinski definition) is 5. The number of amides is 1. The van der Waals surface area contributed by atoms with Crippen LogP contribution in [0.4, 0.5) is 13.9 Å². The monoisotopic (exact) mass is 379 g/mol. The molecule has 1 aliphatic heterocycles. The minimum absolute atomic E-state index is 0.152. The molecule has 1 N–H and O–H groups in total. The molecule has 0 bridgehead atoms. The molecule has 1 aromatic carbocycles. The van der Waals surface area contributed by atoms with E-state index in [4.69, 9.17) is 0 Å². The number of rotatable bonds is 5. The van der Waals surface area contributed by atoms with Crippen molar-refractivity contribution in [2.45, 2.75) is 25.8 Å². The molecule has 8 heteroatoms. The number of carbonyl (C=O) groups is 2. The maximum absolute atomic E-state index is 13.8. The van der Waals surface area contributed by atoms with E-state index in [1.165, 1.54) is 11.3 Å². The van der Waals surface area contributed by atoms with Crippen LogP contribution in [0.3, 0.4) is 0 Å². The van der Waals surface area contributed by atoms with Gasteiger partial charge in [-0.05, 0) is 51.1 Å². The van der Waals surface area contributed by atoms with E-state index in [9.17, 15) is 18.4 Å². The lowest BCUT2D eigenvalue weighted by atomic mass is 9.88. The van der Waals surface area contributed by atoms with Crippen molar-refractivity contribution in [1.82, 2.24) is 9.88 Å². The lowest BCUT2D eigenvalue weighted by Crippen LogP contribution is -2.47. The molecule has 1 fully saturated rings. The quantitative estimate of drug-likeness (QED) is 0.810. The first kappa shape index (κ1) is 18.6. The van der Waals surface area contributed by atoms with Gasteiger partial charge in [-0.25, -0.2) is 13.8 Å². The van der Waals surface area contributed by atoms with Crippen molar-refractivity contribution in [2.24, 2.45) is 5.92 Å². The summed E-state index contributed by atoms with van der Waals surface area (Å²) >= 11 is 1.35. The number of thiazole rings is 1. The molecule has 5 nitrogen and oxygen atoms in total. The minimum Gasteiger partial charge on any atom is -0.301 e. The number of likely N-dealkylation sites (tertiary alicyclic amines) is 1. The molecule has 2 aromatic rings. The number of ketones is 1. The molecule has 1 aromatic heterocycles. The molecule has 1 saturated heterocycles. The maximum atomic E-state index is 13.8. The molecule has 0 spiro atoms. The van der Waals surface area contributed by atoms with E-state index in [1.807, 2.05) is 4.90 Å². The number of aromatic nitrogens is 1. The second-order valence-corrected chi connectivity index (χ2v) is 7.20. The Morgan fingerprint density at radius 1 is 1.31 bits per heavy atom. The summed E-state index contributed by atoms with van der Waals surface area (Å²) in [6.07, 6.45) is 2.63. The first-order valence-corrected chi connectivity index (χ1v) is 9.27. The Hall–Kier alpha value is -2.19. The topological polar surface area (TPSA) is 62.3 Å². The van der Waals surface area contributed by atoms with Crippen molar-refractivity contribution in [3.8, 4) is 0 Å². The van der Waals surface area contributed by atoms with Gasteiger partial charge >= 0.3 is 0 Å². The third kappa shape index (κ3) is 4.13. The zero-order valence-corrected chi connectivity index (χ0v) is 15.1. The number of benzene rings is 1. The lowest BCUT2D eigenvalue weighted by molar-refractivity contribution is -0.121. The molecule has 1 atom stereocenters. The highest BCUT2D eigenvalue weighted by atomic mass is 32.1. The molecular weight excluding hydrogens is 360 g/mol. The Labute approximate surface area is 154 Å². The Balaban J connectivity index is 1.57. The van der Waals surface area contributed by atoms with Crippen molar-refractivity contribution in [3.63, 3.8) is 0 Å². The normalized spacial score (nSPS) is 17.0. The largest absolute Gasteiger partial charge is 0.301 e. The third-order valence-electron chi connectivity index (χ3n) is 4.68. The van der Waals surface area contributed by atoms with E-state index in [0.29, 0.717) is 31.1 Å². The van der Waals surface area contributed by atoms with Gasteiger partial charge in [-0.3, -0.25) is 14.5 Å². The number of carbonyl (C=O) groups excluding carboxylic acids is 2. The molecule has 0 saturated carbocycles. The minimum atomic E-state index is -0.699. The zero-order chi connectivity index (χ0) is 18.7. The van der Waals surface area contributed by atoms with Crippen molar-refractivity contribution in [3.05, 3.63) is 47.0 Å². The predicted octanol–water partition coefficient (Wildman–Crippen LogP) is 3.34. The molecule has 26 heavy (non-hydrogen) atoms. The van der Waals surface area contributed by atoms with Gasteiger partial charge in [0.25, 0.3) is 0 Å². The summed E-state index contributed by atoms with van der Waals surface area (Å²) in [5.74, 6) is -2.21. The second-order valence-electron chi connectivity index (χ2n) is 6.30. The summed E-state index contributed by atoms with van der Waals surface area (Å²) in [4.78, 5) is 30.8. The van der Waals surface area contributed by atoms with Crippen LogP contribution in [-0.2, 0) is 4.79 Å². The van der Waals surface area contributed by atoms with Crippen LogP contribution < -0.4 is 5.32 Å². The van der Waals surface area contributed by atoms with E-state index in [2.05, 4.69) is 10.3 Å². The molecule has 138 valence electrons. The van der Waals surface area contributed by atoms with Gasteiger partial charge in [0.05, 0.1) is 11.6 Å². The van der Waals surface area contributed by atoms with E-state index in [0.717, 1.165) is 18.2 Å². The van der Waals surface area contributed by atoms with Crippen LogP contribution in [0.25, 0.3) is 0 Å². The standard InChI is InChI=1S/C18H19F2N3O2S/c1-11(17(25)22-18-21-6-9-26-18)23-7-4-12(5-8-23)16(24)14-10-13(19)2-3-15(14)20/h2-3,6,9-12H,4-5,7-8H2,1H3,(H,21,22,25)/t11-/m0/s1. The van der Waals surface area contributed by atoms with Crippen LogP contribution in [0.1, 0.15) is 30.1 Å². The highest BCUT2D eigenvalue weighted by Gasteiger charge is 2.31. The Morgan fingerprint density at radius 2 is 2.04 bits per heavy atom. The smallest absolute Gasteiger partial charge is 0.243 e. The second kappa shape index (κ2) is 8.01. The van der Waals surface area contributed by atoms with Gasteiger partial charge < -0.3 is 5.32 Å². The van der Waals surface area contributed by atoms with Gasteiger partial charge in [0.15, 0.2) is 10.9 Å². The van der Waals surface area contributed by atoms with E-state index >= 15 is 0 Å². The van der Waals surface area contributed by atoms with Crippen LogP contribution in [0.2, 0.25) is 0 Å². The fourth-order valence-electron chi connectivity index (χ4n) is 3.12. The molecule has 1 aliphatic rings. The van der Waals surface area contributed by atoms with Crippen LogP contribution in [0, 0.1) is 17.6 Å². The summed E-state index contributed by atoms with van der Waals surface area (Å²) in [5, 5.41) is 5.09. The Morgan fingerprint density at radius 3 is 2.69 bits per heavy atom. The first-order valence-electron chi connectivity index (χ1n) is 8.39. The summed E-state index contributed by atoms with van der Waals surface area (Å²) in [6, 6.07) is 2.56. The fourth-order valence-corrected chi connectivity index (χ4v) is 3.65. The van der Waals surface area contributed by atoms with E-state index in [1.54, 1.807) is 18.5 Å². The number of anilines is 1. The van der Waals surface area contributed by atoms with Gasteiger partial charge in [-0.1, -0.05) is 0 Å². The van der Waals surface area contributed by atoms with Crippen molar-refractivity contribution in [2.75, 3.05) is 18.4 Å². The fraction of sp³-hybridized carbons (Fsp3) is 0.389. The molecule has 0 unspecified atom stereocenters. The molecule has 1 amide bonds. The van der Waals surface area contributed by atoms with Gasteiger partial charge in [0.1, 0.15) is 11.6 Å². The molecule has 0 aliphatic carbocycles. The highest BCUT2D eigenvalue weighted by Crippen LogP contribution is 2.25. The van der Waals surface area contributed by atoms with Crippen molar-refractivity contribution >= 4 is 28.2 Å². The summed E-state index contributed by atoms with van der Waals surface area (Å²) in [5.41, 5.74) is -0.196. The SMILES string of the molecule is C[C@@H](C(=O)Nc1nccs1)N1CCC(C(=O)c2cc(F)ccc2F)CC1. The summed E-state index contributed by atoms with van der Waals surface area (Å²) in [7, 11) is 0. The van der Waals surface area contributed by atoms with Crippen LogP contribution in [0.5, 0.6) is 0 Å². The van der Waals surface area contributed by atoms with Gasteiger partial charge in [0.2, 0.25) is 5.91 Å². The Bertz CT molecular complexity index is 790. The molecular formula is C18H19F2N3O2S. The average Bonchev–Trinajstić information content (AvgIpc) is 3.15. The van der Waals surface area contributed by atoms with Crippen LogP contribution in [0.15, 0.2) is 29.8 Å². The number of Topliss-reactive ketones (excluding diaryl/α,β-unsaturated/α-hetero) is 1. The average molecular weight is 379 g/mol. The van der Waals surface area contributed by atoms with E-state index in [-0.39, 0.29) is 29.2 Å². The molecule has 0 radical (unpaired) electrons. The number of piperidine rings is 1. The number of nitrogens with one attached hydrogen (secondary N) is 1. The maximum Gasteiger partial charge on any atom is 0.243 e. The van der Waals surface area contributed by atoms with E-state index < -0.39 is 11.6 Å². The van der Waals surface area contributed by atoms with Crippen molar-refractivity contribution < 1.29 is 18.4 Å². The van der Waals surface area contributed by atoms with Crippen LogP contribution >= 0.6 is 11.3 Å². The van der Waals surface area contributed by atoms with Crippen LogP contribution in [-0.4, -0.2) is 40.7 Å². The first-order chi connectivity index (χ1) is 12.5. The number of nitrogens with zero attached hydrogens (tertiary/aromatic N) is 2. The van der Waals surface area contributed by atoms with Crippen molar-refractivity contribution in [1.29, 1.82) is 0 Å². The van der Waals surface area contributed by atoms with Gasteiger partial charge in [0, 0.05) is 17.5 Å². The summed E-state index contributed by atoms with van der Waals surface area (Å²) < 4.78 is 27.1. The zero-order valence-electron chi connectivity index (χ0n) is 14.2. The third-order valence-corrected chi connectivity index (χ3v) is 5.37. The summed E-state index contributed by atoms with van der Waals surface area (Å²) in [6.45, 7) is 2.89. The molecule has 2 heterocycles.